The van der Waals surface area contributed by atoms with E-state index in [1.54, 1.807) is 5.01 Å². The lowest BCUT2D eigenvalue weighted by Crippen LogP contribution is -2.22. The second-order valence-corrected chi connectivity index (χ2v) is 6.16. The van der Waals surface area contributed by atoms with Crippen LogP contribution in [0.4, 0.5) is 5.69 Å². The van der Waals surface area contributed by atoms with Gasteiger partial charge in [0.25, 0.3) is 0 Å². The first kappa shape index (κ1) is 17.8. The first-order chi connectivity index (χ1) is 12.7. The molecule has 0 saturated carbocycles. The molecule has 2 aromatic rings. The van der Waals surface area contributed by atoms with Crippen molar-refractivity contribution >= 4 is 34.4 Å². The minimum Gasteiger partial charge on any atom is -0.465 e. The minimum atomic E-state index is -0.773. The summed E-state index contributed by atoms with van der Waals surface area (Å²) in [5, 5.41) is 7.16. The normalized spacial score (nSPS) is 13.2. The van der Waals surface area contributed by atoms with E-state index in [2.05, 4.69) is 5.10 Å². The Morgan fingerprint density at radius 2 is 1.42 bits per heavy atom. The van der Waals surface area contributed by atoms with E-state index in [1.165, 1.54) is 26.0 Å². The molecule has 3 rings (SSSR count). The number of esters is 2. The van der Waals surface area contributed by atoms with Gasteiger partial charge in [-0.2, -0.15) is 5.10 Å². The maximum absolute atomic E-state index is 12.2. The largest absolute Gasteiger partial charge is 0.465 e. The van der Waals surface area contributed by atoms with Crippen molar-refractivity contribution in [1.29, 1.82) is 0 Å². The summed E-state index contributed by atoms with van der Waals surface area (Å²) in [5.41, 5.74) is 1.40. The summed E-state index contributed by atoms with van der Waals surface area (Å²) < 4.78 is 9.57. The van der Waals surface area contributed by atoms with Crippen LogP contribution in [0.2, 0.25) is 0 Å². The van der Waals surface area contributed by atoms with Crippen LogP contribution in [-0.4, -0.2) is 31.2 Å². The van der Waals surface area contributed by atoms with Gasteiger partial charge in [0, 0.05) is 5.56 Å². The molecule has 0 fully saturated rings. The average Bonchev–Trinajstić information content (AvgIpc) is 3.14. The molecule has 26 heavy (non-hydrogen) atoms. The minimum absolute atomic E-state index is 0.196. The highest BCUT2D eigenvalue weighted by atomic mass is 32.2. The van der Waals surface area contributed by atoms with Crippen molar-refractivity contribution in [2.75, 3.05) is 19.2 Å². The molecule has 7 heteroatoms. The highest BCUT2D eigenvalue weighted by Crippen LogP contribution is 2.39. The van der Waals surface area contributed by atoms with Gasteiger partial charge in [0.15, 0.2) is 5.57 Å². The van der Waals surface area contributed by atoms with Crippen molar-refractivity contribution in [3.63, 3.8) is 0 Å². The Hall–Kier alpha value is -3.06. The van der Waals surface area contributed by atoms with E-state index in [4.69, 9.17) is 9.47 Å². The second kappa shape index (κ2) is 7.88. The number of hydrazone groups is 1. The van der Waals surface area contributed by atoms with Crippen LogP contribution in [0.1, 0.15) is 5.56 Å². The molecule has 1 aliphatic rings. The highest BCUT2D eigenvalue weighted by Gasteiger charge is 2.34. The number of anilines is 1. The van der Waals surface area contributed by atoms with Gasteiger partial charge in [0.1, 0.15) is 10.1 Å². The third-order valence-corrected chi connectivity index (χ3v) is 4.67. The fourth-order valence-electron chi connectivity index (χ4n) is 2.35. The van der Waals surface area contributed by atoms with Gasteiger partial charge in [-0.25, -0.2) is 14.6 Å². The fraction of sp³-hybridized carbons (Fsp3) is 0.105. The van der Waals surface area contributed by atoms with Crippen molar-refractivity contribution in [2.45, 2.75) is 0 Å². The van der Waals surface area contributed by atoms with Crippen molar-refractivity contribution in [2.24, 2.45) is 5.10 Å². The van der Waals surface area contributed by atoms with Crippen LogP contribution in [0.15, 0.2) is 76.4 Å². The molecule has 1 aliphatic heterocycles. The van der Waals surface area contributed by atoms with Crippen LogP contribution in [-0.2, 0) is 19.1 Å². The quantitative estimate of drug-likeness (QED) is 0.357. The summed E-state index contributed by atoms with van der Waals surface area (Å²) in [5.74, 6) is -1.55. The van der Waals surface area contributed by atoms with E-state index >= 15 is 0 Å². The summed E-state index contributed by atoms with van der Waals surface area (Å²) in [7, 11) is 2.44. The predicted octanol–water partition coefficient (Wildman–Crippen LogP) is 3.16. The topological polar surface area (TPSA) is 68.2 Å². The molecule has 1 heterocycles. The molecule has 0 saturated heterocycles. The maximum atomic E-state index is 12.2. The lowest BCUT2D eigenvalue weighted by atomic mass is 10.2. The molecule has 0 radical (unpaired) electrons. The second-order valence-electron chi connectivity index (χ2n) is 5.18. The zero-order valence-electron chi connectivity index (χ0n) is 14.2. The molecule has 0 bridgehead atoms. The van der Waals surface area contributed by atoms with Crippen LogP contribution in [0.3, 0.4) is 0 Å². The van der Waals surface area contributed by atoms with Gasteiger partial charge < -0.3 is 9.47 Å². The van der Waals surface area contributed by atoms with Crippen molar-refractivity contribution in [3.8, 4) is 0 Å². The molecule has 0 aromatic heterocycles. The third-order valence-electron chi connectivity index (χ3n) is 3.59. The van der Waals surface area contributed by atoms with E-state index in [9.17, 15) is 9.59 Å². The van der Waals surface area contributed by atoms with E-state index in [1.807, 2.05) is 60.7 Å². The van der Waals surface area contributed by atoms with E-state index in [0.717, 1.165) is 5.56 Å². The molecular weight excluding hydrogens is 352 g/mol. The number of thioether (sulfide) groups is 1. The molecule has 132 valence electrons. The first-order valence-electron chi connectivity index (χ1n) is 7.73. The molecule has 0 spiro atoms. The zero-order valence-corrected chi connectivity index (χ0v) is 15.0. The number of benzene rings is 2. The third kappa shape index (κ3) is 3.48. The van der Waals surface area contributed by atoms with Crippen LogP contribution in [0.5, 0.6) is 0 Å². The molecule has 0 amide bonds. The summed E-state index contributed by atoms with van der Waals surface area (Å²) in [6, 6.07) is 18.8. The van der Waals surface area contributed by atoms with Crippen molar-refractivity contribution in [3.05, 3.63) is 76.8 Å². The van der Waals surface area contributed by atoms with Gasteiger partial charge in [0.2, 0.25) is 0 Å². The number of methoxy groups -OCH3 is 2. The highest BCUT2D eigenvalue weighted by molar-refractivity contribution is 8.18. The molecule has 2 aromatic carbocycles. The molecule has 0 unspecified atom stereocenters. The monoisotopic (exact) mass is 368 g/mol. The van der Waals surface area contributed by atoms with E-state index < -0.39 is 11.9 Å². The zero-order chi connectivity index (χ0) is 18.5. The average molecular weight is 368 g/mol. The Labute approximate surface area is 155 Å². The molecule has 0 N–H and O–H groups in total. The first-order valence-corrected chi connectivity index (χ1v) is 8.55. The number of carbonyl (C=O) groups is 2. The van der Waals surface area contributed by atoms with Gasteiger partial charge >= 0.3 is 11.9 Å². The Balaban J connectivity index is 2.15. The molecule has 0 aliphatic carbocycles. The smallest absolute Gasteiger partial charge is 0.348 e. The van der Waals surface area contributed by atoms with Gasteiger partial charge in [-0.1, -0.05) is 48.5 Å². The summed E-state index contributed by atoms with van der Waals surface area (Å²) in [4.78, 5) is 24.5. The fourth-order valence-corrected chi connectivity index (χ4v) is 3.41. The van der Waals surface area contributed by atoms with E-state index in [-0.39, 0.29) is 5.57 Å². The Kier molecular flexibility index (Phi) is 5.38. The molecule has 0 atom stereocenters. The molecular formula is C19H16N2O4S. The number of carbonyl (C=O) groups excluding carboxylic acids is 2. The number of nitrogens with zero attached hydrogens (tertiary/aromatic N) is 2. The summed E-state index contributed by atoms with van der Waals surface area (Å²) in [6.07, 6.45) is 0. The predicted molar refractivity (Wildman–Crippen MR) is 101 cm³/mol. The number of hydrogen-bond acceptors (Lipinski definition) is 7. The lowest BCUT2D eigenvalue weighted by molar-refractivity contribution is -0.144. The van der Waals surface area contributed by atoms with Crippen molar-refractivity contribution in [1.82, 2.24) is 0 Å². The molecule has 6 nitrogen and oxygen atoms in total. The van der Waals surface area contributed by atoms with Crippen LogP contribution >= 0.6 is 11.8 Å². The lowest BCUT2D eigenvalue weighted by Gasteiger charge is -2.17. The standard InChI is InChI=1S/C19H16N2O4S/c1-24-18(22)15(19(23)25-2)17-21(14-11-7-4-8-12-14)20-16(26-17)13-9-5-3-6-10-13/h3-12H,1-2H3. The van der Waals surface area contributed by atoms with Crippen LogP contribution in [0, 0.1) is 0 Å². The number of para-hydroxylation sites is 1. The van der Waals surface area contributed by atoms with Crippen LogP contribution in [0.25, 0.3) is 0 Å². The summed E-state index contributed by atoms with van der Waals surface area (Å²) >= 11 is 1.22. The van der Waals surface area contributed by atoms with Gasteiger partial charge in [0.05, 0.1) is 19.9 Å². The SMILES string of the molecule is COC(=O)C(C(=O)OC)=C1SC(c2ccccc2)=NN1c1ccccc1. The number of hydrogen-bond donors (Lipinski definition) is 0. The van der Waals surface area contributed by atoms with Gasteiger partial charge in [-0.3, -0.25) is 0 Å². The van der Waals surface area contributed by atoms with Crippen molar-refractivity contribution < 1.29 is 19.1 Å². The van der Waals surface area contributed by atoms with Gasteiger partial charge in [-0.15, -0.1) is 0 Å². The Morgan fingerprint density at radius 1 is 0.885 bits per heavy atom. The maximum Gasteiger partial charge on any atom is 0.348 e. The Morgan fingerprint density at radius 3 is 1.96 bits per heavy atom. The number of ether oxygens (including phenoxy) is 2. The van der Waals surface area contributed by atoms with Gasteiger partial charge in [-0.05, 0) is 23.9 Å². The number of rotatable bonds is 4. The Bertz CT molecular complexity index is 861. The summed E-state index contributed by atoms with van der Waals surface area (Å²) in [6.45, 7) is 0. The van der Waals surface area contributed by atoms with Crippen LogP contribution < -0.4 is 5.01 Å². The van der Waals surface area contributed by atoms with E-state index in [0.29, 0.717) is 15.8 Å².